The fourth-order valence-corrected chi connectivity index (χ4v) is 1.31. The quantitative estimate of drug-likeness (QED) is 0.825. The van der Waals surface area contributed by atoms with Crippen molar-refractivity contribution in [2.75, 3.05) is 7.05 Å². The van der Waals surface area contributed by atoms with Crippen LogP contribution in [0.25, 0.3) is 0 Å². The van der Waals surface area contributed by atoms with E-state index in [1.807, 2.05) is 0 Å². The Bertz CT molecular complexity index is 405. The van der Waals surface area contributed by atoms with Crippen LogP contribution in [0.15, 0.2) is 4.52 Å². The minimum Gasteiger partial charge on any atom is -0.480 e. The number of amides is 1. The molecular formula is C10H14N2O4. The number of hydrogen-bond donors (Lipinski definition) is 1. The highest BCUT2D eigenvalue weighted by Gasteiger charge is 2.27. The number of carbonyl (C=O) groups excluding carboxylic acids is 1. The van der Waals surface area contributed by atoms with Gasteiger partial charge in [-0.05, 0) is 20.8 Å². The van der Waals surface area contributed by atoms with Crippen LogP contribution in [0.3, 0.4) is 0 Å². The van der Waals surface area contributed by atoms with E-state index in [9.17, 15) is 9.59 Å². The van der Waals surface area contributed by atoms with Crippen LogP contribution in [0.2, 0.25) is 0 Å². The molecule has 0 aliphatic heterocycles. The molecule has 0 aliphatic carbocycles. The Morgan fingerprint density at radius 1 is 1.44 bits per heavy atom. The van der Waals surface area contributed by atoms with Gasteiger partial charge < -0.3 is 14.5 Å². The Morgan fingerprint density at radius 2 is 2.00 bits per heavy atom. The third-order valence-corrected chi connectivity index (χ3v) is 2.51. The maximum absolute atomic E-state index is 12.0. The first-order valence-electron chi connectivity index (χ1n) is 4.79. The van der Waals surface area contributed by atoms with Gasteiger partial charge in [-0.25, -0.2) is 4.79 Å². The standard InChI is InChI=1S/C10H14N2O4/c1-5-8(7(3)16-11-5)9(13)12(4)6(2)10(14)15/h6H,1-4H3,(H,14,15). The number of carbonyl (C=O) groups is 2. The van der Waals surface area contributed by atoms with Gasteiger partial charge >= 0.3 is 5.97 Å². The number of aromatic nitrogens is 1. The zero-order valence-corrected chi connectivity index (χ0v) is 9.64. The first-order chi connectivity index (χ1) is 7.36. The van der Waals surface area contributed by atoms with E-state index in [2.05, 4.69) is 5.16 Å². The fourth-order valence-electron chi connectivity index (χ4n) is 1.31. The van der Waals surface area contributed by atoms with Crippen molar-refractivity contribution in [2.45, 2.75) is 26.8 Å². The van der Waals surface area contributed by atoms with E-state index in [4.69, 9.17) is 9.63 Å². The molecule has 1 rings (SSSR count). The summed E-state index contributed by atoms with van der Waals surface area (Å²) in [5.41, 5.74) is 0.794. The van der Waals surface area contributed by atoms with Crippen LogP contribution in [0, 0.1) is 13.8 Å². The Kier molecular flexibility index (Phi) is 3.31. The van der Waals surface area contributed by atoms with E-state index in [1.54, 1.807) is 13.8 Å². The molecule has 0 bridgehead atoms. The average molecular weight is 226 g/mol. The van der Waals surface area contributed by atoms with Crippen LogP contribution in [0.1, 0.15) is 28.7 Å². The third kappa shape index (κ3) is 2.05. The number of aryl methyl sites for hydroxylation is 2. The number of rotatable bonds is 3. The van der Waals surface area contributed by atoms with E-state index in [0.29, 0.717) is 17.0 Å². The Morgan fingerprint density at radius 3 is 2.38 bits per heavy atom. The van der Waals surface area contributed by atoms with Crippen molar-refractivity contribution >= 4 is 11.9 Å². The molecule has 16 heavy (non-hydrogen) atoms. The van der Waals surface area contributed by atoms with Crippen LogP contribution in [-0.2, 0) is 4.79 Å². The van der Waals surface area contributed by atoms with E-state index in [1.165, 1.54) is 14.0 Å². The van der Waals surface area contributed by atoms with E-state index in [0.717, 1.165) is 4.90 Å². The lowest BCUT2D eigenvalue weighted by Gasteiger charge is -2.21. The molecular weight excluding hydrogens is 212 g/mol. The molecule has 0 aromatic carbocycles. The highest BCUT2D eigenvalue weighted by Crippen LogP contribution is 2.15. The number of nitrogens with zero attached hydrogens (tertiary/aromatic N) is 2. The highest BCUT2D eigenvalue weighted by molar-refractivity contribution is 5.97. The first-order valence-corrected chi connectivity index (χ1v) is 4.79. The lowest BCUT2D eigenvalue weighted by atomic mass is 10.1. The van der Waals surface area contributed by atoms with Gasteiger partial charge in [-0.15, -0.1) is 0 Å². The SMILES string of the molecule is Cc1noc(C)c1C(=O)N(C)C(C)C(=O)O. The molecule has 1 unspecified atom stereocenters. The summed E-state index contributed by atoms with van der Waals surface area (Å²) in [6.45, 7) is 4.70. The van der Waals surface area contributed by atoms with Crippen molar-refractivity contribution in [3.05, 3.63) is 17.0 Å². The Labute approximate surface area is 92.8 Å². The van der Waals surface area contributed by atoms with Crippen LogP contribution in [0.5, 0.6) is 0 Å². The lowest BCUT2D eigenvalue weighted by Crippen LogP contribution is -2.40. The van der Waals surface area contributed by atoms with Gasteiger partial charge in [0.2, 0.25) is 0 Å². The van der Waals surface area contributed by atoms with Gasteiger partial charge in [0.05, 0.1) is 5.69 Å². The molecule has 0 spiro atoms. The van der Waals surface area contributed by atoms with Gasteiger partial charge in [-0.3, -0.25) is 4.79 Å². The number of likely N-dealkylation sites (N-methyl/N-ethyl adjacent to an activating group) is 1. The molecule has 1 heterocycles. The van der Waals surface area contributed by atoms with Gasteiger partial charge in [0.1, 0.15) is 17.4 Å². The normalized spacial score (nSPS) is 12.2. The summed E-state index contributed by atoms with van der Waals surface area (Å²) in [4.78, 5) is 23.9. The minimum absolute atomic E-state index is 0.329. The molecule has 0 saturated heterocycles. The van der Waals surface area contributed by atoms with Crippen molar-refractivity contribution in [3.63, 3.8) is 0 Å². The largest absolute Gasteiger partial charge is 0.480 e. The second-order valence-electron chi connectivity index (χ2n) is 3.63. The number of hydrogen-bond acceptors (Lipinski definition) is 4. The molecule has 1 aromatic rings. The predicted octanol–water partition coefficient (Wildman–Crippen LogP) is 0.837. The summed E-state index contributed by atoms with van der Waals surface area (Å²) in [5.74, 6) is -1.05. The molecule has 0 fully saturated rings. The third-order valence-electron chi connectivity index (χ3n) is 2.51. The molecule has 0 radical (unpaired) electrons. The van der Waals surface area contributed by atoms with Crippen molar-refractivity contribution in [1.29, 1.82) is 0 Å². The maximum atomic E-state index is 12.0. The summed E-state index contributed by atoms with van der Waals surface area (Å²) in [7, 11) is 1.44. The molecule has 6 heteroatoms. The molecule has 1 amide bonds. The number of aliphatic carboxylic acids is 1. The molecule has 0 aliphatic rings. The van der Waals surface area contributed by atoms with Crippen LogP contribution in [0.4, 0.5) is 0 Å². The summed E-state index contributed by atoms with van der Waals surface area (Å²) in [6, 6.07) is -0.888. The lowest BCUT2D eigenvalue weighted by molar-refractivity contribution is -0.141. The fraction of sp³-hybridized carbons (Fsp3) is 0.500. The highest BCUT2D eigenvalue weighted by atomic mass is 16.5. The zero-order valence-electron chi connectivity index (χ0n) is 9.64. The zero-order chi connectivity index (χ0) is 12.5. The van der Waals surface area contributed by atoms with Crippen LogP contribution in [-0.4, -0.2) is 40.1 Å². The topological polar surface area (TPSA) is 83.6 Å². The molecule has 1 atom stereocenters. The molecule has 6 nitrogen and oxygen atoms in total. The molecule has 1 aromatic heterocycles. The maximum Gasteiger partial charge on any atom is 0.326 e. The Hall–Kier alpha value is -1.85. The monoisotopic (exact) mass is 226 g/mol. The van der Waals surface area contributed by atoms with E-state index in [-0.39, 0.29) is 0 Å². The number of carboxylic acid groups (broad SMARTS) is 1. The second kappa shape index (κ2) is 4.34. The summed E-state index contributed by atoms with van der Waals surface area (Å²) in [6.07, 6.45) is 0. The smallest absolute Gasteiger partial charge is 0.326 e. The van der Waals surface area contributed by atoms with E-state index >= 15 is 0 Å². The van der Waals surface area contributed by atoms with Gasteiger partial charge in [0.25, 0.3) is 5.91 Å². The van der Waals surface area contributed by atoms with Crippen LogP contribution >= 0.6 is 0 Å². The van der Waals surface area contributed by atoms with Gasteiger partial charge in [0.15, 0.2) is 0 Å². The first kappa shape index (κ1) is 12.2. The van der Waals surface area contributed by atoms with Gasteiger partial charge in [-0.1, -0.05) is 5.16 Å². The minimum atomic E-state index is -1.05. The summed E-state index contributed by atoms with van der Waals surface area (Å²) >= 11 is 0. The van der Waals surface area contributed by atoms with Gasteiger partial charge in [0, 0.05) is 7.05 Å². The van der Waals surface area contributed by atoms with Crippen molar-refractivity contribution < 1.29 is 19.2 Å². The van der Waals surface area contributed by atoms with Crippen molar-refractivity contribution in [3.8, 4) is 0 Å². The molecule has 0 saturated carbocycles. The predicted molar refractivity (Wildman–Crippen MR) is 55.2 cm³/mol. The number of carboxylic acids is 1. The van der Waals surface area contributed by atoms with Gasteiger partial charge in [-0.2, -0.15) is 0 Å². The van der Waals surface area contributed by atoms with Crippen molar-refractivity contribution in [2.24, 2.45) is 0 Å². The van der Waals surface area contributed by atoms with Crippen molar-refractivity contribution in [1.82, 2.24) is 10.1 Å². The van der Waals surface area contributed by atoms with E-state index < -0.39 is 17.9 Å². The summed E-state index contributed by atoms with van der Waals surface area (Å²) in [5, 5.41) is 12.5. The summed E-state index contributed by atoms with van der Waals surface area (Å²) < 4.78 is 4.86. The van der Waals surface area contributed by atoms with Crippen LogP contribution < -0.4 is 0 Å². The molecule has 1 N–H and O–H groups in total. The molecule has 88 valence electrons. The average Bonchev–Trinajstić information content (AvgIpc) is 2.55. The Balaban J connectivity index is 2.99. The second-order valence-corrected chi connectivity index (χ2v) is 3.63.